The van der Waals surface area contributed by atoms with Crippen molar-refractivity contribution in [2.45, 2.75) is 39.0 Å². The smallest absolute Gasteiger partial charge is 0.127 e. The molecule has 0 saturated carbocycles. The van der Waals surface area contributed by atoms with Gasteiger partial charge in [0.25, 0.3) is 0 Å². The Kier molecular flexibility index (Phi) is 4.76. The number of hydrogen-bond donors (Lipinski definition) is 1. The zero-order valence-corrected chi connectivity index (χ0v) is 11.5. The molecular formula is C15H19NOS. The molecule has 3 heteroatoms. The second-order valence-electron chi connectivity index (χ2n) is 4.47. The van der Waals surface area contributed by atoms with E-state index in [2.05, 4.69) is 17.3 Å². The van der Waals surface area contributed by atoms with E-state index in [1.54, 1.807) is 17.4 Å². The predicted octanol–water partition coefficient (Wildman–Crippen LogP) is 4.64. The number of benzene rings is 1. The molecule has 1 aromatic carbocycles. The van der Waals surface area contributed by atoms with Gasteiger partial charge in [0, 0.05) is 5.38 Å². The monoisotopic (exact) mass is 261 g/mol. The van der Waals surface area contributed by atoms with Crippen LogP contribution in [0.15, 0.2) is 29.6 Å². The van der Waals surface area contributed by atoms with Gasteiger partial charge in [-0.2, -0.15) is 0 Å². The van der Waals surface area contributed by atoms with E-state index < -0.39 is 0 Å². The number of hydrogen-bond acceptors (Lipinski definition) is 3. The Morgan fingerprint density at radius 3 is 2.78 bits per heavy atom. The molecule has 0 saturated heterocycles. The average molecular weight is 261 g/mol. The summed E-state index contributed by atoms with van der Waals surface area (Å²) in [6.45, 7) is 2.22. The number of nitrogens with zero attached hydrogens (tertiary/aromatic N) is 1. The molecule has 0 unspecified atom stereocenters. The maximum atomic E-state index is 9.79. The van der Waals surface area contributed by atoms with Gasteiger partial charge in [0.05, 0.1) is 11.3 Å². The molecule has 18 heavy (non-hydrogen) atoms. The Morgan fingerprint density at radius 2 is 2.00 bits per heavy atom. The first kappa shape index (κ1) is 13.1. The molecule has 0 aliphatic heterocycles. The molecule has 0 aliphatic rings. The predicted molar refractivity (Wildman–Crippen MR) is 77.1 cm³/mol. The quantitative estimate of drug-likeness (QED) is 0.768. The molecule has 0 fully saturated rings. The summed E-state index contributed by atoms with van der Waals surface area (Å²) in [5, 5.41) is 12.8. The van der Waals surface area contributed by atoms with Crippen molar-refractivity contribution in [3.8, 4) is 16.3 Å². The van der Waals surface area contributed by atoms with Crippen molar-refractivity contribution in [2.75, 3.05) is 0 Å². The molecule has 96 valence electrons. The van der Waals surface area contributed by atoms with Crippen LogP contribution in [0, 0.1) is 0 Å². The maximum absolute atomic E-state index is 9.79. The number of thiazole rings is 1. The van der Waals surface area contributed by atoms with Gasteiger partial charge < -0.3 is 5.11 Å². The molecule has 2 nitrogen and oxygen atoms in total. The second-order valence-corrected chi connectivity index (χ2v) is 5.33. The average Bonchev–Trinajstić information content (AvgIpc) is 2.84. The zero-order valence-electron chi connectivity index (χ0n) is 10.7. The highest BCUT2D eigenvalue weighted by Crippen LogP contribution is 2.31. The maximum Gasteiger partial charge on any atom is 0.127 e. The number of aromatic hydroxyl groups is 1. The molecule has 0 aliphatic carbocycles. The molecule has 2 aromatic rings. The van der Waals surface area contributed by atoms with Gasteiger partial charge >= 0.3 is 0 Å². The van der Waals surface area contributed by atoms with E-state index >= 15 is 0 Å². The molecule has 0 amide bonds. The molecule has 0 atom stereocenters. The highest BCUT2D eigenvalue weighted by Gasteiger charge is 2.08. The minimum absolute atomic E-state index is 0.310. The molecule has 1 heterocycles. The third-order valence-corrected chi connectivity index (χ3v) is 3.90. The van der Waals surface area contributed by atoms with E-state index in [0.29, 0.717) is 5.75 Å². The van der Waals surface area contributed by atoms with Gasteiger partial charge in [-0.05, 0) is 25.0 Å². The third kappa shape index (κ3) is 3.33. The van der Waals surface area contributed by atoms with Crippen LogP contribution in [-0.4, -0.2) is 10.1 Å². The van der Waals surface area contributed by atoms with E-state index in [4.69, 9.17) is 0 Å². The molecule has 1 N–H and O–H groups in total. The Hall–Kier alpha value is -1.35. The first-order valence-corrected chi connectivity index (χ1v) is 7.42. The van der Waals surface area contributed by atoms with E-state index in [0.717, 1.165) is 22.7 Å². The summed E-state index contributed by atoms with van der Waals surface area (Å²) in [5.41, 5.74) is 1.98. The largest absolute Gasteiger partial charge is 0.507 e. The highest BCUT2D eigenvalue weighted by molar-refractivity contribution is 7.13. The normalized spacial score (nSPS) is 10.7. The Morgan fingerprint density at radius 1 is 1.17 bits per heavy atom. The summed E-state index contributed by atoms with van der Waals surface area (Å²) < 4.78 is 0. The number of phenols is 1. The topological polar surface area (TPSA) is 33.1 Å². The summed E-state index contributed by atoms with van der Waals surface area (Å²) in [4.78, 5) is 4.60. The second kappa shape index (κ2) is 6.55. The molecule has 2 rings (SSSR count). The Bertz CT molecular complexity index is 493. The first-order valence-electron chi connectivity index (χ1n) is 6.54. The van der Waals surface area contributed by atoms with Crippen molar-refractivity contribution in [3.63, 3.8) is 0 Å². The fourth-order valence-corrected chi connectivity index (χ4v) is 2.82. The van der Waals surface area contributed by atoms with Crippen LogP contribution in [0.4, 0.5) is 0 Å². The van der Waals surface area contributed by atoms with Gasteiger partial charge in [-0.3, -0.25) is 0 Å². The lowest BCUT2D eigenvalue weighted by Gasteiger charge is -1.99. The van der Waals surface area contributed by atoms with E-state index in [-0.39, 0.29) is 0 Å². The fourth-order valence-electron chi connectivity index (χ4n) is 1.93. The Balaban J connectivity index is 2.00. The highest BCUT2D eigenvalue weighted by atomic mass is 32.1. The van der Waals surface area contributed by atoms with Crippen molar-refractivity contribution in [1.29, 1.82) is 0 Å². The van der Waals surface area contributed by atoms with Gasteiger partial charge in [-0.25, -0.2) is 4.98 Å². The van der Waals surface area contributed by atoms with E-state index in [1.165, 1.54) is 25.7 Å². The number of para-hydroxylation sites is 1. The minimum atomic E-state index is 0.310. The lowest BCUT2D eigenvalue weighted by Crippen LogP contribution is -1.86. The van der Waals surface area contributed by atoms with Crippen LogP contribution in [0.25, 0.3) is 10.6 Å². The van der Waals surface area contributed by atoms with Crippen LogP contribution in [-0.2, 0) is 6.42 Å². The summed E-state index contributed by atoms with van der Waals surface area (Å²) in [7, 11) is 0. The lowest BCUT2D eigenvalue weighted by atomic mass is 10.1. The summed E-state index contributed by atoms with van der Waals surface area (Å²) in [6.07, 6.45) is 6.10. The van der Waals surface area contributed by atoms with Crippen molar-refractivity contribution < 1.29 is 5.11 Å². The number of aromatic nitrogens is 1. The van der Waals surface area contributed by atoms with E-state index in [9.17, 15) is 5.11 Å². The molecule has 0 bridgehead atoms. The van der Waals surface area contributed by atoms with Crippen LogP contribution in [0.3, 0.4) is 0 Å². The van der Waals surface area contributed by atoms with Gasteiger partial charge in [0.1, 0.15) is 10.8 Å². The van der Waals surface area contributed by atoms with Crippen molar-refractivity contribution >= 4 is 11.3 Å². The summed E-state index contributed by atoms with van der Waals surface area (Å²) in [5.74, 6) is 0.310. The van der Waals surface area contributed by atoms with Gasteiger partial charge in [0.2, 0.25) is 0 Å². The van der Waals surface area contributed by atoms with Crippen LogP contribution >= 0.6 is 11.3 Å². The Labute approximate surface area is 112 Å². The van der Waals surface area contributed by atoms with Crippen molar-refractivity contribution in [1.82, 2.24) is 4.98 Å². The third-order valence-electron chi connectivity index (χ3n) is 2.97. The summed E-state index contributed by atoms with van der Waals surface area (Å²) in [6, 6.07) is 7.38. The van der Waals surface area contributed by atoms with Crippen LogP contribution < -0.4 is 0 Å². The molecule has 0 radical (unpaired) electrons. The van der Waals surface area contributed by atoms with E-state index in [1.807, 2.05) is 18.2 Å². The van der Waals surface area contributed by atoms with Crippen LogP contribution in [0.1, 0.15) is 38.3 Å². The number of aryl methyl sites for hydroxylation is 1. The SMILES string of the molecule is CCCCCCc1csc(-c2ccccc2O)n1. The zero-order chi connectivity index (χ0) is 12.8. The van der Waals surface area contributed by atoms with Crippen molar-refractivity contribution in [3.05, 3.63) is 35.3 Å². The molecule has 0 spiro atoms. The van der Waals surface area contributed by atoms with Gasteiger partial charge in [-0.15, -0.1) is 11.3 Å². The summed E-state index contributed by atoms with van der Waals surface area (Å²) >= 11 is 1.61. The minimum Gasteiger partial charge on any atom is -0.507 e. The standard InChI is InChI=1S/C15H19NOS/c1-2-3-4-5-8-12-11-18-15(16-12)13-9-6-7-10-14(13)17/h6-7,9-11,17H,2-5,8H2,1H3. The fraction of sp³-hybridized carbons (Fsp3) is 0.400. The van der Waals surface area contributed by atoms with Crippen molar-refractivity contribution in [2.24, 2.45) is 0 Å². The van der Waals surface area contributed by atoms with Gasteiger partial charge in [0.15, 0.2) is 0 Å². The lowest BCUT2D eigenvalue weighted by molar-refractivity contribution is 0.477. The van der Waals surface area contributed by atoms with Crippen LogP contribution in [0.2, 0.25) is 0 Å². The number of unbranched alkanes of at least 4 members (excludes halogenated alkanes) is 3. The first-order chi connectivity index (χ1) is 8.81. The molecular weight excluding hydrogens is 242 g/mol. The number of phenolic OH excluding ortho intramolecular Hbond substituents is 1. The molecule has 1 aromatic heterocycles. The van der Waals surface area contributed by atoms with Gasteiger partial charge in [-0.1, -0.05) is 38.3 Å². The van der Waals surface area contributed by atoms with Crippen LogP contribution in [0.5, 0.6) is 5.75 Å². The number of rotatable bonds is 6.